The molecule has 0 saturated heterocycles. The van der Waals surface area contributed by atoms with Crippen molar-refractivity contribution in [2.24, 2.45) is 0 Å². The van der Waals surface area contributed by atoms with Crippen molar-refractivity contribution < 1.29 is 13.5 Å². The van der Waals surface area contributed by atoms with Crippen molar-refractivity contribution in [3.63, 3.8) is 0 Å². The molecule has 0 aliphatic carbocycles. The predicted molar refractivity (Wildman–Crippen MR) is 60.0 cm³/mol. The summed E-state index contributed by atoms with van der Waals surface area (Å²) in [5, 5.41) is 9.85. The van der Waals surface area contributed by atoms with Gasteiger partial charge in [0, 0.05) is 12.4 Å². The van der Waals surface area contributed by atoms with Gasteiger partial charge in [0.15, 0.2) is 5.03 Å². The number of unbranched alkanes of at least 4 members (excludes halogenated alkanes) is 1. The Hall–Kier alpha value is -1.70. The van der Waals surface area contributed by atoms with Crippen molar-refractivity contribution >= 4 is 10.0 Å². The number of pyridine rings is 1. The first-order valence-electron chi connectivity index (χ1n) is 5.07. The van der Waals surface area contributed by atoms with Crippen molar-refractivity contribution in [3.05, 3.63) is 34.6 Å². The first-order chi connectivity index (χ1) is 8.00. The van der Waals surface area contributed by atoms with E-state index in [0.717, 1.165) is 6.20 Å². The summed E-state index contributed by atoms with van der Waals surface area (Å²) in [5.41, 5.74) is 0. The number of hydrogen-bond acceptors (Lipinski definition) is 5. The molecule has 0 aromatic carbocycles. The van der Waals surface area contributed by atoms with Crippen molar-refractivity contribution in [3.8, 4) is 0 Å². The van der Waals surface area contributed by atoms with Gasteiger partial charge in [-0.3, -0.25) is 4.98 Å². The predicted octanol–water partition coefficient (Wildman–Crippen LogP) is 1.06. The van der Waals surface area contributed by atoms with E-state index in [-0.39, 0.29) is 15.9 Å². The number of aromatic nitrogens is 1. The molecule has 0 aliphatic rings. The average molecular weight is 259 g/mol. The Labute approximate surface area is 99.3 Å². The lowest BCUT2D eigenvalue weighted by Crippen LogP contribution is -2.37. The van der Waals surface area contributed by atoms with Crippen LogP contribution >= 0.6 is 0 Å². The smallest absolute Gasteiger partial charge is 0.263 e. The Kier molecular flexibility index (Phi) is 4.38. The third-order valence-electron chi connectivity index (χ3n) is 2.09. The van der Waals surface area contributed by atoms with Gasteiger partial charge in [-0.1, -0.05) is 13.3 Å². The van der Waals surface area contributed by atoms with Gasteiger partial charge in [-0.2, -0.15) is 8.42 Å². The van der Waals surface area contributed by atoms with Crippen LogP contribution in [-0.4, -0.2) is 29.4 Å². The summed E-state index contributed by atoms with van der Waals surface area (Å²) in [6.07, 6.45) is 3.60. The molecule has 0 amide bonds. The molecular weight excluding hydrogens is 246 g/mol. The summed E-state index contributed by atoms with van der Waals surface area (Å²) in [4.78, 5) is 14.2. The van der Waals surface area contributed by atoms with Gasteiger partial charge >= 0.3 is 10.0 Å². The molecule has 1 aromatic heterocycles. The molecule has 0 atom stereocenters. The molecule has 0 aliphatic heterocycles. The van der Waals surface area contributed by atoms with Crippen molar-refractivity contribution in [1.29, 1.82) is 0 Å². The summed E-state index contributed by atoms with van der Waals surface area (Å²) in [6.45, 7) is 1.69. The topological polar surface area (TPSA) is 93.4 Å². The minimum atomic E-state index is -4.10. The maximum Gasteiger partial charge on any atom is 0.314 e. The largest absolute Gasteiger partial charge is 0.314 e. The highest BCUT2D eigenvalue weighted by atomic mass is 32.2. The van der Waals surface area contributed by atoms with Gasteiger partial charge in [-0.05, 0) is 23.0 Å². The average Bonchev–Trinajstić information content (AvgIpc) is 2.30. The number of nitrogens with zero attached hydrogens (tertiary/aromatic N) is 3. The quantitative estimate of drug-likeness (QED) is 0.562. The molecule has 8 heteroatoms. The summed E-state index contributed by atoms with van der Waals surface area (Å²) in [6, 6.07) is 2.70. The van der Waals surface area contributed by atoms with Crippen LogP contribution in [-0.2, 0) is 10.0 Å². The minimum Gasteiger partial charge on any atom is -0.263 e. The van der Waals surface area contributed by atoms with Crippen LogP contribution in [0.3, 0.4) is 0 Å². The summed E-state index contributed by atoms with van der Waals surface area (Å²) < 4.78 is 24.1. The maximum absolute atomic E-state index is 11.9. The zero-order chi connectivity index (χ0) is 12.9. The fraction of sp³-hybridized carbons (Fsp3) is 0.444. The first kappa shape index (κ1) is 13.4. The van der Waals surface area contributed by atoms with E-state index in [9.17, 15) is 18.5 Å². The van der Waals surface area contributed by atoms with Gasteiger partial charge in [0.05, 0.1) is 6.54 Å². The molecule has 0 saturated carbocycles. The third-order valence-corrected chi connectivity index (χ3v) is 3.80. The van der Waals surface area contributed by atoms with Crippen LogP contribution < -0.4 is 0 Å². The Balaban J connectivity index is 3.05. The Morgan fingerprint density at radius 3 is 2.71 bits per heavy atom. The van der Waals surface area contributed by atoms with Crippen LogP contribution in [0.4, 0.5) is 0 Å². The number of nitro groups is 1. The number of sulfonamides is 1. The lowest BCUT2D eigenvalue weighted by Gasteiger charge is -2.13. The van der Waals surface area contributed by atoms with Gasteiger partial charge in [0.2, 0.25) is 0 Å². The van der Waals surface area contributed by atoms with Gasteiger partial charge in [0.1, 0.15) is 4.90 Å². The Bertz CT molecular complexity index is 474. The third kappa shape index (κ3) is 3.13. The molecule has 0 fully saturated rings. The van der Waals surface area contributed by atoms with Gasteiger partial charge in [0.25, 0.3) is 0 Å². The summed E-state index contributed by atoms with van der Waals surface area (Å²) >= 11 is 0. The van der Waals surface area contributed by atoms with Crippen LogP contribution in [0.15, 0.2) is 29.4 Å². The molecule has 0 bridgehead atoms. The zero-order valence-electron chi connectivity index (χ0n) is 9.31. The van der Waals surface area contributed by atoms with Crippen LogP contribution in [0.5, 0.6) is 0 Å². The molecule has 94 valence electrons. The Morgan fingerprint density at radius 2 is 2.24 bits per heavy atom. The zero-order valence-corrected chi connectivity index (χ0v) is 10.1. The lowest BCUT2D eigenvalue weighted by molar-refractivity contribution is -0.620. The van der Waals surface area contributed by atoms with Gasteiger partial charge in [-0.25, -0.2) is 10.1 Å². The first-order valence-corrected chi connectivity index (χ1v) is 6.51. The number of hydrazine groups is 1. The van der Waals surface area contributed by atoms with E-state index in [1.54, 1.807) is 0 Å². The second-order valence-electron chi connectivity index (χ2n) is 3.33. The van der Waals surface area contributed by atoms with E-state index in [4.69, 9.17) is 0 Å². The molecule has 0 spiro atoms. The standard InChI is InChI=1S/C9H13N3O4S/c1-2-3-7-11(12(13)14)17(15,16)9-5-4-6-10-8-9/h4-6,8H,2-3,7H2,1H3. The number of hydrogen-bond donors (Lipinski definition) is 0. The molecular formula is C9H13N3O4S. The van der Waals surface area contributed by atoms with E-state index in [1.807, 2.05) is 6.92 Å². The molecule has 17 heavy (non-hydrogen) atoms. The van der Waals surface area contributed by atoms with Crippen LogP contribution in [0.1, 0.15) is 19.8 Å². The molecule has 1 heterocycles. The van der Waals surface area contributed by atoms with Crippen LogP contribution in [0.2, 0.25) is 0 Å². The van der Waals surface area contributed by atoms with E-state index < -0.39 is 15.1 Å². The van der Waals surface area contributed by atoms with E-state index in [2.05, 4.69) is 4.98 Å². The summed E-state index contributed by atoms with van der Waals surface area (Å²) in [7, 11) is -4.10. The monoisotopic (exact) mass is 259 g/mol. The van der Waals surface area contributed by atoms with Gasteiger partial charge in [-0.15, -0.1) is 0 Å². The highest BCUT2D eigenvalue weighted by molar-refractivity contribution is 7.89. The molecule has 0 N–H and O–H groups in total. The van der Waals surface area contributed by atoms with Crippen molar-refractivity contribution in [1.82, 2.24) is 9.40 Å². The van der Waals surface area contributed by atoms with Crippen LogP contribution in [0.25, 0.3) is 0 Å². The van der Waals surface area contributed by atoms with Crippen molar-refractivity contribution in [2.75, 3.05) is 6.54 Å². The summed E-state index contributed by atoms with van der Waals surface area (Å²) in [5.74, 6) is 0. The lowest BCUT2D eigenvalue weighted by atomic mass is 10.3. The van der Waals surface area contributed by atoms with Crippen molar-refractivity contribution in [2.45, 2.75) is 24.7 Å². The molecule has 0 unspecified atom stereocenters. The maximum atomic E-state index is 11.9. The van der Waals surface area contributed by atoms with Crippen LogP contribution in [0, 0.1) is 10.1 Å². The minimum absolute atomic E-state index is 0.138. The fourth-order valence-electron chi connectivity index (χ4n) is 1.20. The highest BCUT2D eigenvalue weighted by Gasteiger charge is 2.32. The van der Waals surface area contributed by atoms with E-state index in [1.165, 1.54) is 18.3 Å². The second-order valence-corrected chi connectivity index (χ2v) is 5.17. The molecule has 1 rings (SSSR count). The highest BCUT2D eigenvalue weighted by Crippen LogP contribution is 2.14. The Morgan fingerprint density at radius 1 is 1.53 bits per heavy atom. The van der Waals surface area contributed by atoms with E-state index >= 15 is 0 Å². The fourth-order valence-corrected chi connectivity index (χ4v) is 2.44. The molecule has 7 nitrogen and oxygen atoms in total. The second kappa shape index (κ2) is 5.58. The number of rotatable bonds is 6. The van der Waals surface area contributed by atoms with Gasteiger partial charge < -0.3 is 0 Å². The molecule has 1 aromatic rings. The SMILES string of the molecule is CCCCN([N+](=O)[O-])S(=O)(=O)c1cccnc1. The normalized spacial score (nSPS) is 11.1. The van der Waals surface area contributed by atoms with E-state index in [0.29, 0.717) is 12.8 Å². The molecule has 0 radical (unpaired) electrons.